The molecule has 0 atom stereocenters. The van der Waals surface area contributed by atoms with Crippen molar-refractivity contribution in [3.05, 3.63) is 58.8 Å². The first-order valence-corrected chi connectivity index (χ1v) is 9.35. The average molecular weight is 364 g/mol. The van der Waals surface area contributed by atoms with Crippen molar-refractivity contribution in [1.82, 2.24) is 10.2 Å². The highest BCUT2D eigenvalue weighted by Crippen LogP contribution is 2.43. The molecule has 1 aromatic heterocycles. The van der Waals surface area contributed by atoms with Gasteiger partial charge in [0, 0.05) is 29.7 Å². The molecule has 0 amide bonds. The summed E-state index contributed by atoms with van der Waals surface area (Å²) in [5.74, 6) is 2.46. The number of methoxy groups -OCH3 is 1. The largest absolute Gasteiger partial charge is 0.497 e. The van der Waals surface area contributed by atoms with Crippen LogP contribution in [-0.4, -0.2) is 30.5 Å². The number of aromatic nitrogens is 2. The molecule has 140 valence electrons. The fourth-order valence-corrected chi connectivity index (χ4v) is 3.64. The summed E-state index contributed by atoms with van der Waals surface area (Å²) >= 11 is 0. The molecular formula is C22H24N2O3. The first-order valence-electron chi connectivity index (χ1n) is 9.35. The summed E-state index contributed by atoms with van der Waals surface area (Å²) in [6.45, 7) is 5.19. The van der Waals surface area contributed by atoms with Gasteiger partial charge in [-0.05, 0) is 49.2 Å². The zero-order valence-corrected chi connectivity index (χ0v) is 16.0. The number of ether oxygens (including phenoxy) is 3. The highest BCUT2D eigenvalue weighted by Gasteiger charge is 2.27. The van der Waals surface area contributed by atoms with Crippen LogP contribution in [0.15, 0.2) is 36.4 Å². The summed E-state index contributed by atoms with van der Waals surface area (Å²) < 4.78 is 16.9. The zero-order chi connectivity index (χ0) is 18.8. The molecule has 0 saturated heterocycles. The second-order valence-corrected chi connectivity index (χ2v) is 6.56. The van der Waals surface area contributed by atoms with E-state index in [1.54, 1.807) is 7.11 Å². The van der Waals surface area contributed by atoms with Gasteiger partial charge in [0.05, 0.1) is 26.0 Å². The van der Waals surface area contributed by atoms with Crippen LogP contribution in [0.2, 0.25) is 0 Å². The average Bonchev–Trinajstić information content (AvgIpc) is 3.22. The topological polar surface area (TPSA) is 56.4 Å². The molecule has 4 rings (SSSR count). The number of benzene rings is 2. The van der Waals surface area contributed by atoms with Crippen LogP contribution in [0.25, 0.3) is 11.3 Å². The molecule has 0 aliphatic heterocycles. The number of hydrogen-bond donors (Lipinski definition) is 1. The summed E-state index contributed by atoms with van der Waals surface area (Å²) in [6.07, 6.45) is 1.65. The van der Waals surface area contributed by atoms with Gasteiger partial charge in [-0.25, -0.2) is 0 Å². The van der Waals surface area contributed by atoms with Gasteiger partial charge in [-0.1, -0.05) is 12.1 Å². The molecule has 2 aromatic carbocycles. The van der Waals surface area contributed by atoms with Crippen molar-refractivity contribution in [2.45, 2.75) is 26.7 Å². The van der Waals surface area contributed by atoms with Crippen LogP contribution in [0.1, 0.15) is 36.2 Å². The molecule has 1 aliphatic rings. The van der Waals surface area contributed by atoms with Crippen LogP contribution in [0.3, 0.4) is 0 Å². The van der Waals surface area contributed by atoms with Crippen LogP contribution < -0.4 is 14.2 Å². The lowest BCUT2D eigenvalue weighted by molar-refractivity contribution is 0.287. The van der Waals surface area contributed by atoms with E-state index < -0.39 is 0 Å². The highest BCUT2D eigenvalue weighted by molar-refractivity contribution is 5.77. The van der Waals surface area contributed by atoms with Crippen molar-refractivity contribution in [2.75, 3.05) is 20.3 Å². The van der Waals surface area contributed by atoms with E-state index in [1.165, 1.54) is 16.7 Å². The standard InChI is InChI=1S/C22H24N2O3/c1-4-26-20-12-15-11-18-19(10-14-7-6-8-16(9-14)25-3)23-24-22(18)17(15)13-21(20)27-5-2/h6-9,12-13H,4-5,10-11H2,1-3H3,(H,23,24). The molecule has 0 fully saturated rings. The smallest absolute Gasteiger partial charge is 0.161 e. The first-order chi connectivity index (χ1) is 13.2. The Labute approximate surface area is 159 Å². The molecule has 3 aromatic rings. The van der Waals surface area contributed by atoms with Crippen LogP contribution in [0.5, 0.6) is 17.2 Å². The van der Waals surface area contributed by atoms with Gasteiger partial charge in [0.2, 0.25) is 0 Å². The van der Waals surface area contributed by atoms with Gasteiger partial charge in [0.1, 0.15) is 5.75 Å². The van der Waals surface area contributed by atoms with E-state index in [0.29, 0.717) is 13.2 Å². The van der Waals surface area contributed by atoms with Crippen molar-refractivity contribution < 1.29 is 14.2 Å². The Hall–Kier alpha value is -2.95. The Kier molecular flexibility index (Phi) is 4.75. The van der Waals surface area contributed by atoms with Crippen molar-refractivity contribution in [1.29, 1.82) is 0 Å². The number of nitrogens with zero attached hydrogens (tertiary/aromatic N) is 1. The van der Waals surface area contributed by atoms with E-state index in [2.05, 4.69) is 34.5 Å². The van der Waals surface area contributed by atoms with Gasteiger partial charge < -0.3 is 14.2 Å². The third-order valence-electron chi connectivity index (χ3n) is 4.86. The maximum Gasteiger partial charge on any atom is 0.161 e. The third kappa shape index (κ3) is 3.25. The van der Waals surface area contributed by atoms with Gasteiger partial charge in [0.15, 0.2) is 11.5 Å². The molecule has 5 heteroatoms. The molecule has 0 unspecified atom stereocenters. The number of rotatable bonds is 7. The fourth-order valence-electron chi connectivity index (χ4n) is 3.64. The van der Waals surface area contributed by atoms with Crippen LogP contribution >= 0.6 is 0 Å². The molecule has 5 nitrogen and oxygen atoms in total. The number of fused-ring (bicyclic) bond motifs is 3. The Morgan fingerprint density at radius 1 is 1.04 bits per heavy atom. The Morgan fingerprint density at radius 2 is 1.81 bits per heavy atom. The highest BCUT2D eigenvalue weighted by atomic mass is 16.5. The summed E-state index contributed by atoms with van der Waals surface area (Å²) in [5.41, 5.74) is 6.98. The van der Waals surface area contributed by atoms with Crippen molar-refractivity contribution in [3.63, 3.8) is 0 Å². The van der Waals surface area contributed by atoms with Gasteiger partial charge >= 0.3 is 0 Å². The second-order valence-electron chi connectivity index (χ2n) is 6.56. The lowest BCUT2D eigenvalue weighted by Gasteiger charge is -2.13. The Morgan fingerprint density at radius 3 is 2.56 bits per heavy atom. The van der Waals surface area contributed by atoms with E-state index in [9.17, 15) is 0 Å². The van der Waals surface area contributed by atoms with Crippen LogP contribution in [0.4, 0.5) is 0 Å². The molecule has 0 bridgehead atoms. The van der Waals surface area contributed by atoms with E-state index in [4.69, 9.17) is 14.2 Å². The monoisotopic (exact) mass is 364 g/mol. The maximum absolute atomic E-state index is 5.78. The van der Waals surface area contributed by atoms with Gasteiger partial charge in [0.25, 0.3) is 0 Å². The summed E-state index contributed by atoms with van der Waals surface area (Å²) in [5, 5.41) is 7.83. The van der Waals surface area contributed by atoms with Crippen molar-refractivity contribution in [2.24, 2.45) is 0 Å². The molecule has 1 aliphatic carbocycles. The molecule has 27 heavy (non-hydrogen) atoms. The first kappa shape index (κ1) is 17.5. The normalized spacial score (nSPS) is 11.8. The molecule has 0 saturated carbocycles. The molecule has 0 radical (unpaired) electrons. The van der Waals surface area contributed by atoms with E-state index in [-0.39, 0.29) is 0 Å². The minimum Gasteiger partial charge on any atom is -0.497 e. The minimum atomic E-state index is 0.605. The van der Waals surface area contributed by atoms with Crippen molar-refractivity contribution in [3.8, 4) is 28.5 Å². The van der Waals surface area contributed by atoms with Crippen LogP contribution in [0, 0.1) is 0 Å². The van der Waals surface area contributed by atoms with E-state index in [1.807, 2.05) is 26.0 Å². The number of nitrogens with one attached hydrogen (secondary N) is 1. The maximum atomic E-state index is 5.78. The molecular weight excluding hydrogens is 340 g/mol. The predicted molar refractivity (Wildman–Crippen MR) is 105 cm³/mol. The van der Waals surface area contributed by atoms with Crippen LogP contribution in [-0.2, 0) is 12.8 Å². The SMILES string of the molecule is CCOc1cc2c(cc1OCC)-c1n[nH]c(Cc3cccc(OC)c3)c1C2. The molecule has 0 spiro atoms. The number of aromatic amines is 1. The van der Waals surface area contributed by atoms with Gasteiger partial charge in [-0.15, -0.1) is 0 Å². The molecule has 1 heterocycles. The number of H-pyrrole nitrogens is 1. The minimum absolute atomic E-state index is 0.605. The lowest BCUT2D eigenvalue weighted by atomic mass is 10.0. The Balaban J connectivity index is 1.66. The second kappa shape index (κ2) is 7.35. The zero-order valence-electron chi connectivity index (χ0n) is 16.0. The molecule has 1 N–H and O–H groups in total. The summed E-state index contributed by atoms with van der Waals surface area (Å²) in [6, 6.07) is 12.3. The summed E-state index contributed by atoms with van der Waals surface area (Å²) in [4.78, 5) is 0. The Bertz CT molecular complexity index is 962. The summed E-state index contributed by atoms with van der Waals surface area (Å²) in [7, 11) is 1.69. The van der Waals surface area contributed by atoms with Gasteiger partial charge in [-0.2, -0.15) is 5.10 Å². The predicted octanol–water partition coefficient (Wildman–Crippen LogP) is 4.38. The van der Waals surface area contributed by atoms with E-state index >= 15 is 0 Å². The quantitative estimate of drug-likeness (QED) is 0.529. The van der Waals surface area contributed by atoms with Gasteiger partial charge in [-0.3, -0.25) is 5.10 Å². The van der Waals surface area contributed by atoms with E-state index in [0.717, 1.165) is 47.0 Å². The lowest BCUT2D eigenvalue weighted by Crippen LogP contribution is -2.00. The fraction of sp³-hybridized carbons (Fsp3) is 0.318. The third-order valence-corrected chi connectivity index (χ3v) is 4.86. The van der Waals surface area contributed by atoms with Crippen molar-refractivity contribution >= 4 is 0 Å². The number of hydrogen-bond acceptors (Lipinski definition) is 4.